The van der Waals surface area contributed by atoms with Crippen molar-refractivity contribution in [3.63, 3.8) is 0 Å². The number of carbonyl (C=O) groups is 1. The standard InChI is InChI=1S/C15H28O2/c1-3-5-7-8-9-10-11-13-15(16)17-14-12-6-4-2/h4H,2-3,5-14H2,1H3. The Balaban J connectivity index is 3.13. The van der Waals surface area contributed by atoms with Gasteiger partial charge in [0, 0.05) is 6.42 Å². The van der Waals surface area contributed by atoms with Crippen molar-refractivity contribution in [3.05, 3.63) is 12.7 Å². The minimum atomic E-state index is -0.0392. The number of unbranched alkanes of at least 4 members (excludes halogenated alkanes) is 7. The van der Waals surface area contributed by atoms with Crippen molar-refractivity contribution in [3.8, 4) is 0 Å². The molecule has 0 aromatic carbocycles. The zero-order chi connectivity index (χ0) is 12.8. The Morgan fingerprint density at radius 3 is 2.35 bits per heavy atom. The first-order valence-electron chi connectivity index (χ1n) is 7.07. The highest BCUT2D eigenvalue weighted by atomic mass is 16.5. The van der Waals surface area contributed by atoms with Gasteiger partial charge in [0.25, 0.3) is 0 Å². The van der Waals surface area contributed by atoms with Crippen LogP contribution in [0.15, 0.2) is 12.7 Å². The first-order valence-corrected chi connectivity index (χ1v) is 7.07. The SMILES string of the molecule is C=CCCCOC(=O)CCCCCCCCC. The third-order valence-corrected chi connectivity index (χ3v) is 2.80. The molecule has 2 heteroatoms. The zero-order valence-electron chi connectivity index (χ0n) is 11.4. The van der Waals surface area contributed by atoms with E-state index in [9.17, 15) is 4.79 Å². The van der Waals surface area contributed by atoms with E-state index in [4.69, 9.17) is 4.74 Å². The van der Waals surface area contributed by atoms with E-state index in [0.717, 1.165) is 25.7 Å². The number of allylic oxidation sites excluding steroid dienone is 1. The number of esters is 1. The summed E-state index contributed by atoms with van der Waals surface area (Å²) in [5.41, 5.74) is 0. The third kappa shape index (κ3) is 13.1. The topological polar surface area (TPSA) is 26.3 Å². The second-order valence-electron chi connectivity index (χ2n) is 4.52. The van der Waals surface area contributed by atoms with Crippen LogP contribution in [-0.2, 0) is 9.53 Å². The average molecular weight is 240 g/mol. The molecule has 0 heterocycles. The molecular weight excluding hydrogens is 212 g/mol. The molecule has 0 amide bonds. The fourth-order valence-electron chi connectivity index (χ4n) is 1.71. The summed E-state index contributed by atoms with van der Waals surface area (Å²) in [5, 5.41) is 0. The minimum absolute atomic E-state index is 0.0392. The molecule has 0 rings (SSSR count). The van der Waals surface area contributed by atoms with Crippen molar-refractivity contribution in [2.24, 2.45) is 0 Å². The number of hydrogen-bond acceptors (Lipinski definition) is 2. The van der Waals surface area contributed by atoms with Gasteiger partial charge in [-0.15, -0.1) is 6.58 Å². The van der Waals surface area contributed by atoms with Gasteiger partial charge in [-0.1, -0.05) is 51.5 Å². The van der Waals surface area contributed by atoms with E-state index in [1.54, 1.807) is 0 Å². The molecule has 0 atom stereocenters. The van der Waals surface area contributed by atoms with Crippen molar-refractivity contribution in [1.29, 1.82) is 0 Å². The van der Waals surface area contributed by atoms with Gasteiger partial charge >= 0.3 is 5.97 Å². The highest BCUT2D eigenvalue weighted by molar-refractivity contribution is 5.69. The van der Waals surface area contributed by atoms with Crippen LogP contribution in [0, 0.1) is 0 Å². The smallest absolute Gasteiger partial charge is 0.305 e. The van der Waals surface area contributed by atoms with E-state index in [2.05, 4.69) is 13.5 Å². The normalized spacial score (nSPS) is 10.2. The highest BCUT2D eigenvalue weighted by Crippen LogP contribution is 2.08. The van der Waals surface area contributed by atoms with Gasteiger partial charge in [-0.25, -0.2) is 0 Å². The fourth-order valence-corrected chi connectivity index (χ4v) is 1.71. The van der Waals surface area contributed by atoms with Crippen molar-refractivity contribution in [1.82, 2.24) is 0 Å². The molecule has 100 valence electrons. The molecule has 0 bridgehead atoms. The molecule has 0 radical (unpaired) electrons. The van der Waals surface area contributed by atoms with E-state index >= 15 is 0 Å². The summed E-state index contributed by atoms with van der Waals surface area (Å²) in [6, 6.07) is 0. The van der Waals surface area contributed by atoms with Crippen LogP contribution in [0.3, 0.4) is 0 Å². The molecule has 0 saturated heterocycles. The van der Waals surface area contributed by atoms with Crippen LogP contribution >= 0.6 is 0 Å². The van der Waals surface area contributed by atoms with Gasteiger partial charge in [-0.05, 0) is 19.3 Å². The third-order valence-electron chi connectivity index (χ3n) is 2.80. The fraction of sp³-hybridized carbons (Fsp3) is 0.800. The van der Waals surface area contributed by atoms with Crippen LogP contribution in [0.25, 0.3) is 0 Å². The Morgan fingerprint density at radius 1 is 1.06 bits per heavy atom. The van der Waals surface area contributed by atoms with E-state index < -0.39 is 0 Å². The molecule has 0 unspecified atom stereocenters. The molecule has 0 fully saturated rings. The maximum atomic E-state index is 11.3. The van der Waals surface area contributed by atoms with Crippen LogP contribution in [-0.4, -0.2) is 12.6 Å². The Bertz CT molecular complexity index is 187. The average Bonchev–Trinajstić information content (AvgIpc) is 2.33. The lowest BCUT2D eigenvalue weighted by atomic mass is 10.1. The summed E-state index contributed by atoms with van der Waals surface area (Å²) in [7, 11) is 0. The summed E-state index contributed by atoms with van der Waals surface area (Å²) in [4.78, 5) is 11.3. The maximum absolute atomic E-state index is 11.3. The van der Waals surface area contributed by atoms with Crippen LogP contribution in [0.2, 0.25) is 0 Å². The molecule has 0 aliphatic carbocycles. The van der Waals surface area contributed by atoms with Crippen LogP contribution in [0.4, 0.5) is 0 Å². The van der Waals surface area contributed by atoms with Gasteiger partial charge in [0.15, 0.2) is 0 Å². The van der Waals surface area contributed by atoms with Crippen LogP contribution in [0.1, 0.15) is 71.1 Å². The highest BCUT2D eigenvalue weighted by Gasteiger charge is 2.01. The predicted molar refractivity (Wildman–Crippen MR) is 73.0 cm³/mol. The lowest BCUT2D eigenvalue weighted by Crippen LogP contribution is -2.05. The van der Waals surface area contributed by atoms with Crippen molar-refractivity contribution < 1.29 is 9.53 Å². The monoisotopic (exact) mass is 240 g/mol. The maximum Gasteiger partial charge on any atom is 0.305 e. The molecule has 2 nitrogen and oxygen atoms in total. The number of ether oxygens (including phenoxy) is 1. The minimum Gasteiger partial charge on any atom is -0.466 e. The van der Waals surface area contributed by atoms with Crippen molar-refractivity contribution in [2.45, 2.75) is 71.1 Å². The van der Waals surface area contributed by atoms with E-state index in [-0.39, 0.29) is 5.97 Å². The Hall–Kier alpha value is -0.790. The lowest BCUT2D eigenvalue weighted by molar-refractivity contribution is -0.143. The molecular formula is C15H28O2. The quantitative estimate of drug-likeness (QED) is 0.282. The molecule has 0 aromatic heterocycles. The molecule has 0 aliphatic rings. The molecule has 17 heavy (non-hydrogen) atoms. The lowest BCUT2D eigenvalue weighted by Gasteiger charge is -2.03. The van der Waals surface area contributed by atoms with Crippen molar-refractivity contribution in [2.75, 3.05) is 6.61 Å². The van der Waals surface area contributed by atoms with Gasteiger partial charge in [0.2, 0.25) is 0 Å². The summed E-state index contributed by atoms with van der Waals surface area (Å²) in [6.45, 7) is 6.40. The van der Waals surface area contributed by atoms with Crippen LogP contribution in [0.5, 0.6) is 0 Å². The predicted octanol–water partition coefficient (Wildman–Crippen LogP) is 4.64. The first kappa shape index (κ1) is 16.2. The Kier molecular flexibility index (Phi) is 12.7. The number of hydrogen-bond donors (Lipinski definition) is 0. The van der Waals surface area contributed by atoms with Gasteiger partial charge in [-0.3, -0.25) is 4.79 Å². The summed E-state index contributed by atoms with van der Waals surface area (Å²) < 4.78 is 5.10. The largest absolute Gasteiger partial charge is 0.466 e. The van der Waals surface area contributed by atoms with E-state index in [1.165, 1.54) is 32.1 Å². The number of rotatable bonds is 12. The van der Waals surface area contributed by atoms with Gasteiger partial charge in [0.1, 0.15) is 0 Å². The second-order valence-corrected chi connectivity index (χ2v) is 4.52. The summed E-state index contributed by atoms with van der Waals surface area (Å²) in [5.74, 6) is -0.0392. The number of carbonyl (C=O) groups excluding carboxylic acids is 1. The summed E-state index contributed by atoms with van der Waals surface area (Å²) >= 11 is 0. The first-order chi connectivity index (χ1) is 8.31. The van der Waals surface area contributed by atoms with Crippen LogP contribution < -0.4 is 0 Å². The van der Waals surface area contributed by atoms with E-state index in [1.807, 2.05) is 6.08 Å². The Labute approximate surface area is 106 Å². The zero-order valence-corrected chi connectivity index (χ0v) is 11.4. The molecule has 0 aliphatic heterocycles. The molecule has 0 N–H and O–H groups in total. The summed E-state index contributed by atoms with van der Waals surface area (Å²) in [6.07, 6.45) is 12.9. The van der Waals surface area contributed by atoms with Crippen molar-refractivity contribution >= 4 is 5.97 Å². The molecule has 0 aromatic rings. The van der Waals surface area contributed by atoms with Gasteiger partial charge in [-0.2, -0.15) is 0 Å². The van der Waals surface area contributed by atoms with Gasteiger partial charge < -0.3 is 4.74 Å². The van der Waals surface area contributed by atoms with E-state index in [0.29, 0.717) is 13.0 Å². The van der Waals surface area contributed by atoms with Gasteiger partial charge in [0.05, 0.1) is 6.61 Å². The Morgan fingerprint density at radius 2 is 1.71 bits per heavy atom. The second kappa shape index (κ2) is 13.3. The molecule has 0 saturated carbocycles. The molecule has 0 spiro atoms.